The summed E-state index contributed by atoms with van der Waals surface area (Å²) < 4.78 is 5.12. The molecule has 2 atom stereocenters. The van der Waals surface area contributed by atoms with Crippen LogP contribution in [0.25, 0.3) is 0 Å². The maximum Gasteiger partial charge on any atom is 0.336 e. The van der Waals surface area contributed by atoms with Crippen molar-refractivity contribution in [3.05, 3.63) is 0 Å². The fourth-order valence-electron chi connectivity index (χ4n) is 1.66. The third-order valence-corrected chi connectivity index (χ3v) is 2.57. The van der Waals surface area contributed by atoms with Crippen molar-refractivity contribution in [1.29, 1.82) is 0 Å². The molecule has 0 aliphatic rings. The molecule has 0 aromatic rings. The van der Waals surface area contributed by atoms with E-state index < -0.39 is 29.1 Å². The van der Waals surface area contributed by atoms with Crippen molar-refractivity contribution < 1.29 is 24.5 Å². The lowest BCUT2D eigenvalue weighted by atomic mass is 9.82. The molecule has 2 unspecified atom stereocenters. The van der Waals surface area contributed by atoms with E-state index in [-0.39, 0.29) is 12.3 Å². The van der Waals surface area contributed by atoms with Crippen LogP contribution in [0, 0.1) is 11.8 Å². The van der Waals surface area contributed by atoms with Gasteiger partial charge in [-0.25, -0.2) is 4.79 Å². The molecular formula is C13H24O5. The van der Waals surface area contributed by atoms with Gasteiger partial charge in [0.1, 0.15) is 5.60 Å². The molecule has 0 heterocycles. The van der Waals surface area contributed by atoms with E-state index in [1.165, 1.54) is 6.92 Å². The third-order valence-electron chi connectivity index (χ3n) is 2.57. The zero-order valence-corrected chi connectivity index (χ0v) is 12.0. The van der Waals surface area contributed by atoms with E-state index in [2.05, 4.69) is 0 Å². The van der Waals surface area contributed by atoms with Gasteiger partial charge >= 0.3 is 11.9 Å². The molecule has 0 saturated carbocycles. The molecule has 0 radical (unpaired) electrons. The summed E-state index contributed by atoms with van der Waals surface area (Å²) in [6.45, 7) is 10.0. The van der Waals surface area contributed by atoms with Crippen molar-refractivity contribution in [2.24, 2.45) is 11.8 Å². The molecule has 0 aromatic heterocycles. The Morgan fingerprint density at radius 1 is 1.17 bits per heavy atom. The molecule has 106 valence electrons. The maximum absolute atomic E-state index is 11.8. The quantitative estimate of drug-likeness (QED) is 0.737. The van der Waals surface area contributed by atoms with Crippen molar-refractivity contribution in [2.75, 3.05) is 0 Å². The molecule has 2 N–H and O–H groups in total. The predicted molar refractivity (Wildman–Crippen MR) is 67.0 cm³/mol. The van der Waals surface area contributed by atoms with Crippen molar-refractivity contribution in [3.8, 4) is 0 Å². The average molecular weight is 260 g/mol. The summed E-state index contributed by atoms with van der Waals surface area (Å²) in [7, 11) is 0. The monoisotopic (exact) mass is 260 g/mol. The van der Waals surface area contributed by atoms with Crippen LogP contribution >= 0.6 is 0 Å². The first kappa shape index (κ1) is 16.9. The number of carbonyl (C=O) groups excluding carboxylic acids is 1. The van der Waals surface area contributed by atoms with Crippen molar-refractivity contribution in [2.45, 2.75) is 59.2 Å². The molecule has 0 aliphatic carbocycles. The molecule has 0 aliphatic heterocycles. The van der Waals surface area contributed by atoms with E-state index in [0.717, 1.165) is 0 Å². The van der Waals surface area contributed by atoms with Crippen LogP contribution in [0.4, 0.5) is 0 Å². The Hall–Kier alpha value is -1.10. The molecule has 0 bridgehead atoms. The molecule has 5 heteroatoms. The van der Waals surface area contributed by atoms with Gasteiger partial charge in [0, 0.05) is 0 Å². The minimum absolute atomic E-state index is 0.00272. The molecule has 0 saturated heterocycles. The van der Waals surface area contributed by atoms with Crippen LogP contribution in [0.5, 0.6) is 0 Å². The number of carboxylic acid groups (broad SMARTS) is 1. The van der Waals surface area contributed by atoms with Gasteiger partial charge < -0.3 is 14.9 Å². The SMILES string of the molecule is CC(C)CC(O)(C(=O)O)C(C)C(=O)OC(C)(C)C. The summed E-state index contributed by atoms with van der Waals surface area (Å²) in [4.78, 5) is 23.1. The number of hydrogen-bond acceptors (Lipinski definition) is 4. The van der Waals surface area contributed by atoms with Crippen LogP contribution in [0.3, 0.4) is 0 Å². The number of aliphatic hydroxyl groups is 1. The second-order valence-electron chi connectivity index (χ2n) is 6.08. The summed E-state index contributed by atoms with van der Waals surface area (Å²) >= 11 is 0. The van der Waals surface area contributed by atoms with E-state index in [4.69, 9.17) is 9.84 Å². The van der Waals surface area contributed by atoms with Gasteiger partial charge in [-0.1, -0.05) is 13.8 Å². The smallest absolute Gasteiger partial charge is 0.336 e. The highest BCUT2D eigenvalue weighted by Crippen LogP contribution is 2.28. The highest BCUT2D eigenvalue weighted by atomic mass is 16.6. The van der Waals surface area contributed by atoms with E-state index in [1.54, 1.807) is 34.6 Å². The number of rotatable bonds is 5. The standard InChI is InChI=1S/C13H24O5/c1-8(2)7-13(17,11(15)16)9(3)10(14)18-12(4,5)6/h8-9,17H,7H2,1-6H3,(H,15,16). The highest BCUT2D eigenvalue weighted by Gasteiger charge is 2.47. The topological polar surface area (TPSA) is 83.8 Å². The van der Waals surface area contributed by atoms with Crippen molar-refractivity contribution in [3.63, 3.8) is 0 Å². The lowest BCUT2D eigenvalue weighted by Crippen LogP contribution is -2.50. The van der Waals surface area contributed by atoms with E-state index in [1.807, 2.05) is 0 Å². The van der Waals surface area contributed by atoms with Gasteiger partial charge in [-0.15, -0.1) is 0 Å². The van der Waals surface area contributed by atoms with Gasteiger partial charge in [0.15, 0.2) is 5.60 Å². The Labute approximate surface area is 108 Å². The first-order chi connectivity index (χ1) is 7.90. The number of hydrogen-bond donors (Lipinski definition) is 2. The number of esters is 1. The summed E-state index contributed by atoms with van der Waals surface area (Å²) in [6.07, 6.45) is 0.00272. The Morgan fingerprint density at radius 2 is 1.61 bits per heavy atom. The van der Waals surface area contributed by atoms with Gasteiger partial charge in [0.25, 0.3) is 0 Å². The molecule has 0 spiro atoms. The van der Waals surface area contributed by atoms with Gasteiger partial charge in [0.05, 0.1) is 5.92 Å². The van der Waals surface area contributed by atoms with Gasteiger partial charge in [-0.3, -0.25) is 4.79 Å². The zero-order valence-electron chi connectivity index (χ0n) is 12.0. The van der Waals surface area contributed by atoms with Crippen molar-refractivity contribution >= 4 is 11.9 Å². The van der Waals surface area contributed by atoms with Crippen LogP contribution in [-0.4, -0.2) is 33.4 Å². The number of carboxylic acids is 1. The van der Waals surface area contributed by atoms with Gasteiger partial charge in [-0.2, -0.15) is 0 Å². The number of carbonyl (C=O) groups is 2. The Kier molecular flexibility index (Phi) is 5.35. The van der Waals surface area contributed by atoms with Crippen LogP contribution in [0.2, 0.25) is 0 Å². The van der Waals surface area contributed by atoms with Gasteiger partial charge in [-0.05, 0) is 40.0 Å². The lowest BCUT2D eigenvalue weighted by Gasteiger charge is -2.32. The average Bonchev–Trinajstić information content (AvgIpc) is 2.12. The molecule has 18 heavy (non-hydrogen) atoms. The fourth-order valence-corrected chi connectivity index (χ4v) is 1.66. The van der Waals surface area contributed by atoms with Crippen LogP contribution in [0.1, 0.15) is 48.0 Å². The minimum atomic E-state index is -2.09. The lowest BCUT2D eigenvalue weighted by molar-refractivity contribution is -0.183. The first-order valence-corrected chi connectivity index (χ1v) is 6.08. The maximum atomic E-state index is 11.8. The molecule has 0 amide bonds. The summed E-state index contributed by atoms with van der Waals surface area (Å²) in [5.41, 5.74) is -2.79. The zero-order chi connectivity index (χ0) is 14.7. The van der Waals surface area contributed by atoms with E-state index in [0.29, 0.717) is 0 Å². The van der Waals surface area contributed by atoms with Crippen molar-refractivity contribution in [1.82, 2.24) is 0 Å². The van der Waals surface area contributed by atoms with Crippen LogP contribution < -0.4 is 0 Å². The normalized spacial score (nSPS) is 17.1. The molecule has 5 nitrogen and oxygen atoms in total. The summed E-state index contributed by atoms with van der Waals surface area (Å²) in [5, 5.41) is 19.3. The Morgan fingerprint density at radius 3 is 1.89 bits per heavy atom. The second kappa shape index (κ2) is 5.69. The molecule has 0 aromatic carbocycles. The van der Waals surface area contributed by atoms with Gasteiger partial charge in [0.2, 0.25) is 0 Å². The summed E-state index contributed by atoms with van der Waals surface area (Å²) in [6, 6.07) is 0. The fraction of sp³-hybridized carbons (Fsp3) is 0.846. The highest BCUT2D eigenvalue weighted by molar-refractivity contribution is 5.86. The second-order valence-corrected chi connectivity index (χ2v) is 6.08. The largest absolute Gasteiger partial charge is 0.479 e. The third kappa shape index (κ3) is 4.64. The van der Waals surface area contributed by atoms with Crippen LogP contribution in [-0.2, 0) is 14.3 Å². The number of ether oxygens (including phenoxy) is 1. The molecule has 0 rings (SSSR count). The number of aliphatic carboxylic acids is 1. The predicted octanol–water partition coefficient (Wildman–Crippen LogP) is 1.83. The first-order valence-electron chi connectivity index (χ1n) is 6.08. The Bertz CT molecular complexity index is 316. The van der Waals surface area contributed by atoms with E-state index in [9.17, 15) is 14.7 Å². The summed E-state index contributed by atoms with van der Waals surface area (Å²) in [5.74, 6) is -3.25. The van der Waals surface area contributed by atoms with E-state index >= 15 is 0 Å². The van der Waals surface area contributed by atoms with Crippen LogP contribution in [0.15, 0.2) is 0 Å². The molecule has 0 fully saturated rings. The molecular weight excluding hydrogens is 236 g/mol. The minimum Gasteiger partial charge on any atom is -0.479 e. The Balaban J connectivity index is 5.04.